The summed E-state index contributed by atoms with van der Waals surface area (Å²) in [5, 5.41) is 0. The Hall–Kier alpha value is -0.580. The van der Waals surface area contributed by atoms with Crippen LogP contribution in [0, 0.1) is 0 Å². The quantitative estimate of drug-likeness (QED) is 0.798. The van der Waals surface area contributed by atoms with Crippen LogP contribution >= 0.6 is 17.2 Å². The summed E-state index contributed by atoms with van der Waals surface area (Å²) in [6.45, 7) is 0. The Labute approximate surface area is 105 Å². The van der Waals surface area contributed by atoms with Crippen molar-refractivity contribution >= 4 is 28.2 Å². The molecule has 0 spiro atoms. The second kappa shape index (κ2) is 4.96. The number of hydrogen-bond donors (Lipinski definition) is 0. The highest BCUT2D eigenvalue weighted by Gasteiger charge is 2.36. The van der Waals surface area contributed by atoms with E-state index in [-0.39, 0.29) is 0 Å². The monoisotopic (exact) mass is 266 g/mol. The highest BCUT2D eigenvalue weighted by atomic mass is 31.1. The predicted molar refractivity (Wildman–Crippen MR) is 74.7 cm³/mol. The Morgan fingerprint density at radius 1 is 1.06 bits per heavy atom. The Morgan fingerprint density at radius 3 is 2.12 bits per heavy atom. The van der Waals surface area contributed by atoms with Crippen molar-refractivity contribution in [3.63, 3.8) is 0 Å². The van der Waals surface area contributed by atoms with E-state index in [1.54, 1.807) is 12.5 Å². The van der Waals surface area contributed by atoms with Crippen LogP contribution < -0.4 is 11.0 Å². The van der Waals surface area contributed by atoms with E-state index in [2.05, 4.69) is 21.4 Å². The van der Waals surface area contributed by atoms with Crippen LogP contribution in [0.1, 0.15) is 19.3 Å². The fourth-order valence-corrected chi connectivity index (χ4v) is 6.17. The molecule has 0 saturated heterocycles. The minimum atomic E-state index is -0.471. The van der Waals surface area contributed by atoms with E-state index in [0.29, 0.717) is 11.3 Å². The zero-order valence-electron chi connectivity index (χ0n) is 9.58. The third kappa shape index (κ3) is 2.21. The molecule has 1 aliphatic carbocycles. The van der Waals surface area contributed by atoms with Gasteiger partial charge in [-0.1, -0.05) is 6.42 Å². The molecule has 90 valence electrons. The summed E-state index contributed by atoms with van der Waals surface area (Å²) in [6.07, 6.45) is 7.43. The highest BCUT2D eigenvalue weighted by Crippen LogP contribution is 2.49. The van der Waals surface area contributed by atoms with Gasteiger partial charge in [0.1, 0.15) is 11.0 Å². The maximum Gasteiger partial charge on any atom is 0.133 e. The average molecular weight is 266 g/mol. The van der Waals surface area contributed by atoms with Crippen LogP contribution in [0.4, 0.5) is 0 Å². The topological polar surface area (TPSA) is 26.3 Å². The van der Waals surface area contributed by atoms with Crippen LogP contribution in [0.25, 0.3) is 0 Å². The predicted octanol–water partition coefficient (Wildman–Crippen LogP) is 3.10. The number of rotatable bonds is 3. The Balaban J connectivity index is 1.97. The first kappa shape index (κ1) is 11.5. The molecule has 0 amide bonds. The van der Waals surface area contributed by atoms with E-state index in [0.717, 1.165) is 11.0 Å². The largest absolute Gasteiger partial charge is 0.464 e. The number of hydrogen-bond acceptors (Lipinski definition) is 2. The maximum absolute atomic E-state index is 5.64. The lowest BCUT2D eigenvalue weighted by atomic mass is 10.4. The molecule has 1 aliphatic rings. The van der Waals surface area contributed by atoms with E-state index >= 15 is 0 Å². The molecule has 3 atom stereocenters. The van der Waals surface area contributed by atoms with Crippen molar-refractivity contribution in [3.8, 4) is 0 Å². The molecule has 2 nitrogen and oxygen atoms in total. The highest BCUT2D eigenvalue weighted by molar-refractivity contribution is 7.73. The Morgan fingerprint density at radius 2 is 1.71 bits per heavy atom. The SMILES string of the molecule is PC1CCCC1P(c1ccco1)c1ccco1. The third-order valence-corrected chi connectivity index (χ3v) is 7.24. The molecule has 3 unspecified atom stereocenters. The van der Waals surface area contributed by atoms with Gasteiger partial charge in [0, 0.05) is 7.92 Å². The van der Waals surface area contributed by atoms with Gasteiger partial charge in [0.15, 0.2) is 0 Å². The molecule has 0 radical (unpaired) electrons. The lowest BCUT2D eigenvalue weighted by Gasteiger charge is -2.23. The first-order chi connectivity index (χ1) is 8.36. The van der Waals surface area contributed by atoms with Crippen molar-refractivity contribution in [3.05, 3.63) is 36.8 Å². The standard InChI is InChI=1S/C13H16O2P2/c16-10-4-1-5-11(10)17(12-6-2-8-14-12)13-7-3-9-15-13/h2-3,6-11H,1,4-5,16H2. The summed E-state index contributed by atoms with van der Waals surface area (Å²) in [5.41, 5.74) is 3.55. The fourth-order valence-electron chi connectivity index (χ4n) is 2.54. The molecule has 1 fully saturated rings. The summed E-state index contributed by atoms with van der Waals surface area (Å²) in [4.78, 5) is 0. The number of furan rings is 2. The van der Waals surface area contributed by atoms with E-state index < -0.39 is 7.92 Å². The van der Waals surface area contributed by atoms with E-state index in [4.69, 9.17) is 8.83 Å². The smallest absolute Gasteiger partial charge is 0.133 e. The van der Waals surface area contributed by atoms with Gasteiger partial charge >= 0.3 is 0 Å². The van der Waals surface area contributed by atoms with Crippen molar-refractivity contribution in [1.29, 1.82) is 0 Å². The van der Waals surface area contributed by atoms with E-state index in [1.807, 2.05) is 12.1 Å². The lowest BCUT2D eigenvalue weighted by molar-refractivity contribution is 0.590. The zero-order valence-corrected chi connectivity index (χ0v) is 11.6. The first-order valence-corrected chi connectivity index (χ1v) is 8.06. The van der Waals surface area contributed by atoms with Gasteiger partial charge in [-0.3, -0.25) is 0 Å². The van der Waals surface area contributed by atoms with E-state index in [9.17, 15) is 0 Å². The summed E-state index contributed by atoms with van der Waals surface area (Å²) >= 11 is 0. The second-order valence-corrected chi connectivity index (χ2v) is 7.58. The van der Waals surface area contributed by atoms with Gasteiger partial charge in [-0.15, -0.1) is 9.24 Å². The summed E-state index contributed by atoms with van der Waals surface area (Å²) in [5.74, 6) is 0. The third-order valence-electron chi connectivity index (χ3n) is 3.35. The molecule has 2 aromatic heterocycles. The maximum atomic E-state index is 5.64. The molecule has 0 bridgehead atoms. The molecule has 0 N–H and O–H groups in total. The molecule has 4 heteroatoms. The van der Waals surface area contributed by atoms with Gasteiger partial charge in [0.25, 0.3) is 0 Å². The molecule has 2 aromatic rings. The Kier molecular flexibility index (Phi) is 3.36. The molecular weight excluding hydrogens is 250 g/mol. The molecule has 0 aromatic carbocycles. The lowest BCUT2D eigenvalue weighted by Crippen LogP contribution is -2.23. The fraction of sp³-hybridized carbons (Fsp3) is 0.385. The second-order valence-electron chi connectivity index (χ2n) is 4.43. The van der Waals surface area contributed by atoms with Gasteiger partial charge in [-0.25, -0.2) is 0 Å². The summed E-state index contributed by atoms with van der Waals surface area (Å²) < 4.78 is 11.3. The minimum Gasteiger partial charge on any atom is -0.464 e. The van der Waals surface area contributed by atoms with Crippen LogP contribution in [-0.2, 0) is 0 Å². The van der Waals surface area contributed by atoms with Gasteiger partial charge < -0.3 is 8.83 Å². The summed E-state index contributed by atoms with van der Waals surface area (Å²) in [6, 6.07) is 8.12. The van der Waals surface area contributed by atoms with Gasteiger partial charge in [-0.05, 0) is 48.4 Å². The molecule has 2 heterocycles. The Bertz CT molecular complexity index is 415. The first-order valence-electron chi connectivity index (χ1n) is 5.98. The molecule has 1 saturated carbocycles. The molecule has 3 rings (SSSR count). The molecule has 17 heavy (non-hydrogen) atoms. The van der Waals surface area contributed by atoms with Gasteiger partial charge in [0.2, 0.25) is 0 Å². The average Bonchev–Trinajstić information content (AvgIpc) is 3.04. The van der Waals surface area contributed by atoms with Crippen LogP contribution in [-0.4, -0.2) is 11.3 Å². The summed E-state index contributed by atoms with van der Waals surface area (Å²) in [7, 11) is 2.53. The van der Waals surface area contributed by atoms with Crippen molar-refractivity contribution in [1.82, 2.24) is 0 Å². The normalized spacial score (nSPS) is 24.6. The minimum absolute atomic E-state index is 0.471. The van der Waals surface area contributed by atoms with Crippen LogP contribution in [0.15, 0.2) is 45.6 Å². The van der Waals surface area contributed by atoms with Crippen LogP contribution in [0.3, 0.4) is 0 Å². The van der Waals surface area contributed by atoms with E-state index in [1.165, 1.54) is 19.3 Å². The van der Waals surface area contributed by atoms with Crippen molar-refractivity contribution in [2.75, 3.05) is 0 Å². The van der Waals surface area contributed by atoms with Gasteiger partial charge in [-0.2, -0.15) is 0 Å². The van der Waals surface area contributed by atoms with Gasteiger partial charge in [0.05, 0.1) is 12.5 Å². The van der Waals surface area contributed by atoms with Crippen molar-refractivity contribution < 1.29 is 8.83 Å². The van der Waals surface area contributed by atoms with Crippen molar-refractivity contribution in [2.45, 2.75) is 30.6 Å². The van der Waals surface area contributed by atoms with Crippen LogP contribution in [0.2, 0.25) is 0 Å². The van der Waals surface area contributed by atoms with Crippen molar-refractivity contribution in [2.24, 2.45) is 0 Å². The molecule has 0 aliphatic heterocycles. The zero-order chi connectivity index (χ0) is 11.7. The van der Waals surface area contributed by atoms with Crippen LogP contribution in [0.5, 0.6) is 0 Å². The molecular formula is C13H16O2P2.